The van der Waals surface area contributed by atoms with Crippen LogP contribution in [0.2, 0.25) is 0 Å². The summed E-state index contributed by atoms with van der Waals surface area (Å²) in [7, 11) is 0. The van der Waals surface area contributed by atoms with Crippen LogP contribution in [-0.4, -0.2) is 24.1 Å². The van der Waals surface area contributed by atoms with Crippen LogP contribution in [-0.2, 0) is 18.0 Å². The Hall–Kier alpha value is -2.04. The van der Waals surface area contributed by atoms with Gasteiger partial charge in [-0.25, -0.2) is 0 Å². The predicted molar refractivity (Wildman–Crippen MR) is 90.1 cm³/mol. The number of nitrogens with zero attached hydrogens (tertiary/aromatic N) is 1. The van der Waals surface area contributed by atoms with E-state index in [4.69, 9.17) is 14.5 Å². The summed E-state index contributed by atoms with van der Waals surface area (Å²) in [5.74, 6) is 2.15. The van der Waals surface area contributed by atoms with E-state index in [1.807, 2.05) is 0 Å². The third kappa shape index (κ3) is 2.06. The van der Waals surface area contributed by atoms with E-state index in [-0.39, 0.29) is 0 Å². The fourth-order valence-corrected chi connectivity index (χ4v) is 4.35. The number of ether oxygens (including phenoxy) is 1. The molecule has 0 aromatic heterocycles. The van der Waals surface area contributed by atoms with Gasteiger partial charge in [0.1, 0.15) is 19.0 Å². The number of fused-ring (bicyclic) bond motifs is 6. The molecule has 0 amide bonds. The smallest absolute Gasteiger partial charge is 0.171 e. The van der Waals surface area contributed by atoms with Crippen molar-refractivity contribution in [1.82, 2.24) is 4.90 Å². The topological polar surface area (TPSA) is 30.9 Å². The van der Waals surface area contributed by atoms with E-state index in [1.54, 1.807) is 0 Å². The molecule has 0 aliphatic carbocycles. The number of benzene rings is 2. The zero-order valence-corrected chi connectivity index (χ0v) is 13.8. The summed E-state index contributed by atoms with van der Waals surface area (Å²) < 4.78 is 6.16. The van der Waals surface area contributed by atoms with Crippen LogP contribution in [0.15, 0.2) is 36.4 Å². The lowest BCUT2D eigenvalue weighted by Crippen LogP contribution is -2.49. The maximum absolute atomic E-state index is 6.16. The van der Waals surface area contributed by atoms with Gasteiger partial charge in [0, 0.05) is 23.6 Å². The highest BCUT2D eigenvalue weighted by atomic mass is 17.2. The number of hydrogen-bond donors (Lipinski definition) is 0. The van der Waals surface area contributed by atoms with E-state index in [2.05, 4.69) is 48.2 Å². The molecule has 0 fully saturated rings. The summed E-state index contributed by atoms with van der Waals surface area (Å²) in [6.07, 6.45) is 1.15. The van der Waals surface area contributed by atoms with Gasteiger partial charge in [-0.1, -0.05) is 31.2 Å². The molecule has 0 saturated heterocycles. The molecular weight excluding hydrogens is 302 g/mol. The fourth-order valence-electron chi connectivity index (χ4n) is 4.35. The van der Waals surface area contributed by atoms with Crippen molar-refractivity contribution in [2.45, 2.75) is 38.5 Å². The van der Waals surface area contributed by atoms with Gasteiger partial charge in [0.05, 0.1) is 6.04 Å². The predicted octanol–water partition coefficient (Wildman–Crippen LogP) is 3.63. The Balaban J connectivity index is 1.67. The van der Waals surface area contributed by atoms with Gasteiger partial charge >= 0.3 is 0 Å². The van der Waals surface area contributed by atoms with Crippen molar-refractivity contribution in [2.24, 2.45) is 0 Å². The Bertz CT molecular complexity index is 788. The van der Waals surface area contributed by atoms with Crippen LogP contribution in [0.25, 0.3) is 0 Å². The van der Waals surface area contributed by atoms with E-state index < -0.39 is 0 Å². The van der Waals surface area contributed by atoms with Gasteiger partial charge in [-0.3, -0.25) is 4.90 Å². The third-order valence-electron chi connectivity index (χ3n) is 5.43. The Morgan fingerprint density at radius 1 is 1.08 bits per heavy atom. The molecule has 3 aliphatic heterocycles. The molecule has 2 unspecified atom stereocenters. The molecular formula is C20H21NO3. The summed E-state index contributed by atoms with van der Waals surface area (Å²) >= 11 is 0. The van der Waals surface area contributed by atoms with Crippen LogP contribution in [0.3, 0.4) is 0 Å². The second kappa shape index (κ2) is 5.50. The summed E-state index contributed by atoms with van der Waals surface area (Å²) in [5.41, 5.74) is 5.15. The molecule has 4 nitrogen and oxygen atoms in total. The minimum atomic E-state index is 0.333. The lowest BCUT2D eigenvalue weighted by molar-refractivity contribution is -0.194. The van der Waals surface area contributed by atoms with Crippen molar-refractivity contribution in [3.8, 4) is 11.5 Å². The van der Waals surface area contributed by atoms with Crippen molar-refractivity contribution < 1.29 is 14.5 Å². The first-order valence-electron chi connectivity index (χ1n) is 8.76. The van der Waals surface area contributed by atoms with Crippen LogP contribution in [0.1, 0.15) is 41.5 Å². The monoisotopic (exact) mass is 323 g/mol. The highest BCUT2D eigenvalue weighted by molar-refractivity contribution is 5.54. The number of hydrogen-bond acceptors (Lipinski definition) is 4. The zero-order valence-electron chi connectivity index (χ0n) is 13.8. The largest absolute Gasteiger partial charge is 0.492 e. The summed E-state index contributed by atoms with van der Waals surface area (Å²) in [6.45, 7) is 5.59. The third-order valence-corrected chi connectivity index (χ3v) is 5.43. The summed E-state index contributed by atoms with van der Waals surface area (Å²) in [6, 6.07) is 13.4. The minimum Gasteiger partial charge on any atom is -0.492 e. The van der Waals surface area contributed by atoms with E-state index in [0.717, 1.165) is 43.2 Å². The van der Waals surface area contributed by atoms with Gasteiger partial charge in [0.15, 0.2) is 5.75 Å². The van der Waals surface area contributed by atoms with Crippen molar-refractivity contribution >= 4 is 0 Å². The Kier molecular flexibility index (Phi) is 3.28. The van der Waals surface area contributed by atoms with E-state index in [1.165, 1.54) is 16.7 Å². The lowest BCUT2D eigenvalue weighted by atomic mass is 9.77. The molecule has 0 saturated carbocycles. The van der Waals surface area contributed by atoms with E-state index in [9.17, 15) is 0 Å². The molecule has 0 bridgehead atoms. The van der Waals surface area contributed by atoms with Gasteiger partial charge in [0.2, 0.25) is 0 Å². The molecule has 5 rings (SSSR count). The first kappa shape index (κ1) is 14.3. The Morgan fingerprint density at radius 3 is 2.92 bits per heavy atom. The van der Waals surface area contributed by atoms with Gasteiger partial charge in [-0.15, -0.1) is 0 Å². The van der Waals surface area contributed by atoms with Gasteiger partial charge in [-0.05, 0) is 36.2 Å². The van der Waals surface area contributed by atoms with E-state index >= 15 is 0 Å². The van der Waals surface area contributed by atoms with Crippen LogP contribution in [0.5, 0.6) is 11.5 Å². The molecule has 4 heteroatoms. The standard InChI is InChI=1S/C20H21NO3/c1-2-7-21-10-13-5-3-4-6-15(13)20-16-9-18-14(11-23-24-18)8-19(16)22-12-17(20)21/h3-6,8-9,17,20H,2,7,10-12H2,1H3. The van der Waals surface area contributed by atoms with Crippen molar-refractivity contribution in [3.05, 3.63) is 58.7 Å². The number of rotatable bonds is 2. The molecule has 2 aromatic rings. The molecule has 2 aromatic carbocycles. The average Bonchev–Trinajstić information content (AvgIpc) is 3.07. The van der Waals surface area contributed by atoms with Crippen LogP contribution in [0.4, 0.5) is 0 Å². The first-order chi connectivity index (χ1) is 11.8. The van der Waals surface area contributed by atoms with Crippen molar-refractivity contribution in [1.29, 1.82) is 0 Å². The summed E-state index contributed by atoms with van der Waals surface area (Å²) in [4.78, 5) is 13.0. The SMILES string of the molecule is CCCN1Cc2ccccc2C2c3cc4c(cc3OCC21)COO4. The normalized spacial score (nSPS) is 24.2. The molecule has 0 N–H and O–H groups in total. The highest BCUT2D eigenvalue weighted by Gasteiger charge is 2.41. The van der Waals surface area contributed by atoms with Crippen LogP contribution >= 0.6 is 0 Å². The van der Waals surface area contributed by atoms with Gasteiger partial charge < -0.3 is 9.62 Å². The zero-order chi connectivity index (χ0) is 16.1. The van der Waals surface area contributed by atoms with Crippen LogP contribution in [0, 0.1) is 0 Å². The second-order valence-electron chi connectivity index (χ2n) is 6.87. The Labute approximate surface area is 141 Å². The molecule has 24 heavy (non-hydrogen) atoms. The molecule has 124 valence electrons. The van der Waals surface area contributed by atoms with Crippen molar-refractivity contribution in [3.63, 3.8) is 0 Å². The lowest BCUT2D eigenvalue weighted by Gasteiger charge is -2.45. The maximum atomic E-state index is 6.16. The summed E-state index contributed by atoms with van der Waals surface area (Å²) in [5, 5.41) is 0. The molecule has 2 atom stereocenters. The fraction of sp³-hybridized carbons (Fsp3) is 0.400. The average molecular weight is 323 g/mol. The highest BCUT2D eigenvalue weighted by Crippen LogP contribution is 2.47. The van der Waals surface area contributed by atoms with E-state index in [0.29, 0.717) is 18.6 Å². The maximum Gasteiger partial charge on any atom is 0.171 e. The molecule has 3 heterocycles. The molecule has 3 aliphatic rings. The first-order valence-corrected chi connectivity index (χ1v) is 8.76. The Morgan fingerprint density at radius 2 is 2.00 bits per heavy atom. The second-order valence-corrected chi connectivity index (χ2v) is 6.87. The quantitative estimate of drug-likeness (QED) is 0.790. The molecule has 0 spiro atoms. The van der Waals surface area contributed by atoms with Crippen LogP contribution < -0.4 is 9.62 Å². The minimum absolute atomic E-state index is 0.333. The van der Waals surface area contributed by atoms with Gasteiger partial charge in [-0.2, -0.15) is 4.89 Å². The molecule has 0 radical (unpaired) electrons. The van der Waals surface area contributed by atoms with Gasteiger partial charge in [0.25, 0.3) is 0 Å². The van der Waals surface area contributed by atoms with Crippen molar-refractivity contribution in [2.75, 3.05) is 13.2 Å².